The van der Waals surface area contributed by atoms with Crippen molar-refractivity contribution < 1.29 is 9.52 Å². The summed E-state index contributed by atoms with van der Waals surface area (Å²) in [5.41, 5.74) is 0.866. The van der Waals surface area contributed by atoms with Gasteiger partial charge in [-0.15, -0.1) is 0 Å². The Hall–Kier alpha value is -1.82. The first kappa shape index (κ1) is 17.0. The zero-order valence-corrected chi connectivity index (χ0v) is 14.4. The first-order chi connectivity index (χ1) is 11.5. The maximum absolute atomic E-state index is 11.6. The van der Waals surface area contributed by atoms with Crippen molar-refractivity contribution in [2.24, 2.45) is 0 Å². The standard InChI is InChI=1S/C18H21ClN2O3/c1-13-10-16(22)18(23)17(24-13)12-21-8-6-20(7-9-21)11-14-2-4-15(19)5-3-14/h2-5,10,23H,6-9,11-12H2,1H3. The number of hydrogen-bond acceptors (Lipinski definition) is 5. The van der Waals surface area contributed by atoms with Gasteiger partial charge in [0.05, 0.1) is 6.54 Å². The molecular formula is C18H21ClN2O3. The predicted molar refractivity (Wildman–Crippen MR) is 93.4 cm³/mol. The van der Waals surface area contributed by atoms with Gasteiger partial charge in [0.15, 0.2) is 5.76 Å². The summed E-state index contributed by atoms with van der Waals surface area (Å²) >= 11 is 5.91. The highest BCUT2D eigenvalue weighted by Crippen LogP contribution is 2.18. The van der Waals surface area contributed by atoms with E-state index in [1.807, 2.05) is 24.3 Å². The fourth-order valence-corrected chi connectivity index (χ4v) is 3.05. The second-order valence-corrected chi connectivity index (χ2v) is 6.61. The van der Waals surface area contributed by atoms with Crippen LogP contribution in [0.1, 0.15) is 17.1 Å². The van der Waals surface area contributed by atoms with Gasteiger partial charge in [-0.25, -0.2) is 0 Å². The fourth-order valence-electron chi connectivity index (χ4n) is 2.93. The zero-order chi connectivity index (χ0) is 17.1. The number of rotatable bonds is 4. The highest BCUT2D eigenvalue weighted by atomic mass is 35.5. The molecule has 5 nitrogen and oxygen atoms in total. The minimum Gasteiger partial charge on any atom is -0.502 e. The SMILES string of the molecule is Cc1cc(=O)c(O)c(CN2CCN(Cc3ccc(Cl)cc3)CC2)o1. The molecule has 1 aliphatic heterocycles. The fraction of sp³-hybridized carbons (Fsp3) is 0.389. The van der Waals surface area contributed by atoms with Crippen molar-refractivity contribution in [3.05, 3.63) is 62.7 Å². The molecule has 1 saturated heterocycles. The van der Waals surface area contributed by atoms with Crippen molar-refractivity contribution >= 4 is 11.6 Å². The van der Waals surface area contributed by atoms with E-state index < -0.39 is 0 Å². The van der Waals surface area contributed by atoms with Crippen molar-refractivity contribution in [1.29, 1.82) is 0 Å². The van der Waals surface area contributed by atoms with Crippen LogP contribution in [0.2, 0.25) is 5.02 Å². The molecule has 1 fully saturated rings. The van der Waals surface area contributed by atoms with E-state index in [4.69, 9.17) is 16.0 Å². The molecule has 2 aromatic rings. The lowest BCUT2D eigenvalue weighted by atomic mass is 10.2. The lowest BCUT2D eigenvalue weighted by molar-refractivity contribution is 0.113. The summed E-state index contributed by atoms with van der Waals surface area (Å²) in [7, 11) is 0. The summed E-state index contributed by atoms with van der Waals surface area (Å²) in [6, 6.07) is 9.23. The number of nitrogens with zero attached hydrogens (tertiary/aromatic N) is 2. The molecular weight excluding hydrogens is 328 g/mol. The number of aryl methyl sites for hydroxylation is 1. The highest BCUT2D eigenvalue weighted by molar-refractivity contribution is 6.30. The lowest BCUT2D eigenvalue weighted by Gasteiger charge is -2.34. The largest absolute Gasteiger partial charge is 0.502 e. The second kappa shape index (κ2) is 7.38. The van der Waals surface area contributed by atoms with E-state index >= 15 is 0 Å². The van der Waals surface area contributed by atoms with E-state index in [0.717, 1.165) is 37.7 Å². The molecule has 0 atom stereocenters. The van der Waals surface area contributed by atoms with Crippen molar-refractivity contribution in [3.8, 4) is 5.75 Å². The van der Waals surface area contributed by atoms with Gasteiger partial charge in [-0.05, 0) is 24.6 Å². The Morgan fingerprint density at radius 2 is 1.67 bits per heavy atom. The van der Waals surface area contributed by atoms with Gasteiger partial charge >= 0.3 is 0 Å². The van der Waals surface area contributed by atoms with Gasteiger partial charge in [-0.1, -0.05) is 23.7 Å². The van der Waals surface area contributed by atoms with E-state index in [2.05, 4.69) is 9.80 Å². The van der Waals surface area contributed by atoms with Gasteiger partial charge in [-0.2, -0.15) is 0 Å². The Morgan fingerprint density at radius 1 is 1.08 bits per heavy atom. The van der Waals surface area contributed by atoms with Gasteiger partial charge < -0.3 is 9.52 Å². The summed E-state index contributed by atoms with van der Waals surface area (Å²) < 4.78 is 5.51. The molecule has 1 N–H and O–H groups in total. The van der Waals surface area contributed by atoms with Crippen molar-refractivity contribution in [2.45, 2.75) is 20.0 Å². The molecule has 1 aromatic heterocycles. The minimum absolute atomic E-state index is 0.274. The molecule has 0 saturated carbocycles. The second-order valence-electron chi connectivity index (χ2n) is 6.17. The first-order valence-corrected chi connectivity index (χ1v) is 8.41. The van der Waals surface area contributed by atoms with Gasteiger partial charge in [0.25, 0.3) is 0 Å². The third-order valence-corrected chi connectivity index (χ3v) is 4.52. The average Bonchev–Trinajstić information content (AvgIpc) is 2.56. The molecule has 2 heterocycles. The number of piperazine rings is 1. The Balaban J connectivity index is 1.55. The van der Waals surface area contributed by atoms with Crippen LogP contribution in [-0.2, 0) is 13.1 Å². The van der Waals surface area contributed by atoms with Crippen molar-refractivity contribution in [3.63, 3.8) is 0 Å². The Kier molecular flexibility index (Phi) is 5.23. The molecule has 0 radical (unpaired) electrons. The van der Waals surface area contributed by atoms with Crippen LogP contribution in [0.25, 0.3) is 0 Å². The molecule has 1 aromatic carbocycles. The van der Waals surface area contributed by atoms with Gasteiger partial charge in [0, 0.05) is 43.8 Å². The topological polar surface area (TPSA) is 56.9 Å². The number of hydrogen-bond donors (Lipinski definition) is 1. The summed E-state index contributed by atoms with van der Waals surface area (Å²) in [6.07, 6.45) is 0. The van der Waals surface area contributed by atoms with E-state index in [1.54, 1.807) is 6.92 Å². The molecule has 24 heavy (non-hydrogen) atoms. The Bertz CT molecular complexity index is 750. The van der Waals surface area contributed by atoms with E-state index in [9.17, 15) is 9.90 Å². The maximum atomic E-state index is 11.6. The summed E-state index contributed by atoms with van der Waals surface area (Å²) in [6.45, 7) is 6.66. The third kappa shape index (κ3) is 4.17. The highest BCUT2D eigenvalue weighted by Gasteiger charge is 2.20. The van der Waals surface area contributed by atoms with E-state index in [-0.39, 0.29) is 11.2 Å². The molecule has 0 unspecified atom stereocenters. The van der Waals surface area contributed by atoms with Crippen LogP contribution in [0.15, 0.2) is 39.5 Å². The van der Waals surface area contributed by atoms with Crippen LogP contribution in [0, 0.1) is 6.92 Å². The molecule has 0 aliphatic carbocycles. The van der Waals surface area contributed by atoms with Crippen LogP contribution in [-0.4, -0.2) is 41.1 Å². The Morgan fingerprint density at radius 3 is 2.29 bits per heavy atom. The Labute approximate surface area is 146 Å². The van der Waals surface area contributed by atoms with Crippen LogP contribution >= 0.6 is 11.6 Å². The van der Waals surface area contributed by atoms with Gasteiger partial charge in [-0.3, -0.25) is 14.6 Å². The molecule has 0 amide bonds. The maximum Gasteiger partial charge on any atom is 0.227 e. The molecule has 128 valence electrons. The normalized spacial score (nSPS) is 16.4. The quantitative estimate of drug-likeness (QED) is 0.920. The van der Waals surface area contributed by atoms with Gasteiger partial charge in [0.2, 0.25) is 11.2 Å². The molecule has 0 spiro atoms. The van der Waals surface area contributed by atoms with Crippen molar-refractivity contribution in [2.75, 3.05) is 26.2 Å². The first-order valence-electron chi connectivity index (χ1n) is 8.03. The monoisotopic (exact) mass is 348 g/mol. The van der Waals surface area contributed by atoms with Crippen LogP contribution in [0.5, 0.6) is 5.75 Å². The average molecular weight is 349 g/mol. The van der Waals surface area contributed by atoms with Gasteiger partial charge in [0.1, 0.15) is 5.76 Å². The molecule has 6 heteroatoms. The zero-order valence-electron chi connectivity index (χ0n) is 13.7. The van der Waals surface area contributed by atoms with E-state index in [1.165, 1.54) is 11.6 Å². The predicted octanol–water partition coefficient (Wildman–Crippen LogP) is 2.63. The molecule has 1 aliphatic rings. The summed E-state index contributed by atoms with van der Waals surface area (Å²) in [5.74, 6) is 0.601. The minimum atomic E-state index is -0.380. The smallest absolute Gasteiger partial charge is 0.227 e. The number of halogens is 1. The summed E-state index contributed by atoms with van der Waals surface area (Å²) in [4.78, 5) is 16.2. The van der Waals surface area contributed by atoms with Crippen LogP contribution in [0.3, 0.4) is 0 Å². The number of benzene rings is 1. The number of aromatic hydroxyl groups is 1. The van der Waals surface area contributed by atoms with E-state index in [0.29, 0.717) is 18.1 Å². The van der Waals surface area contributed by atoms with Crippen LogP contribution in [0.4, 0.5) is 0 Å². The molecule has 3 rings (SSSR count). The summed E-state index contributed by atoms with van der Waals surface area (Å²) in [5, 5.41) is 10.6. The van der Waals surface area contributed by atoms with Crippen molar-refractivity contribution in [1.82, 2.24) is 9.80 Å². The lowest BCUT2D eigenvalue weighted by Crippen LogP contribution is -2.45. The van der Waals surface area contributed by atoms with Crippen LogP contribution < -0.4 is 5.43 Å². The molecule has 0 bridgehead atoms. The third-order valence-electron chi connectivity index (χ3n) is 4.27.